The molecule has 6 heteroatoms. The van der Waals surface area contributed by atoms with E-state index in [0.29, 0.717) is 0 Å². The van der Waals surface area contributed by atoms with Gasteiger partial charge in [-0.15, -0.1) is 0 Å². The molecule has 0 saturated heterocycles. The number of hydrogen-bond donors (Lipinski definition) is 0. The molecule has 21 aromatic rings. The molecule has 0 heterocycles. The van der Waals surface area contributed by atoms with Crippen LogP contribution < -0.4 is 29.4 Å². The molecule has 0 aromatic heterocycles. The zero-order valence-corrected chi connectivity index (χ0v) is 81.1. The minimum absolute atomic E-state index is 0.0504. The Bertz CT molecular complexity index is 7460. The molecular weight excluding hydrogens is 1740 g/mol. The molecule has 0 bridgehead atoms. The fourth-order valence-corrected chi connectivity index (χ4v) is 23.0. The topological polar surface area (TPSA) is 19.4 Å². The van der Waals surface area contributed by atoms with Crippen LogP contribution in [0.2, 0.25) is 0 Å². The molecule has 6 nitrogen and oxygen atoms in total. The summed E-state index contributed by atoms with van der Waals surface area (Å²) in [5.74, 6) is 0. The lowest BCUT2D eigenvalue weighted by molar-refractivity contribution is 0.550. The Balaban J connectivity index is 0.000000168. The van der Waals surface area contributed by atoms with E-state index in [1.54, 1.807) is 0 Å². The molecule has 692 valence electrons. The molecule has 0 unspecified atom stereocenters. The minimum Gasteiger partial charge on any atom is -0.311 e. The van der Waals surface area contributed by atoms with Gasteiger partial charge in [-0.25, -0.2) is 0 Å². The van der Waals surface area contributed by atoms with Gasteiger partial charge in [-0.1, -0.05) is 352 Å². The van der Waals surface area contributed by atoms with E-state index in [-0.39, 0.29) is 10.8 Å². The van der Waals surface area contributed by atoms with Crippen molar-refractivity contribution in [2.24, 2.45) is 0 Å². The lowest BCUT2D eigenvalue weighted by atomic mass is 9.76. The van der Waals surface area contributed by atoms with Crippen molar-refractivity contribution >= 4 is 102 Å². The van der Waals surface area contributed by atoms with E-state index in [0.717, 1.165) is 91.0 Å². The molecule has 4 aliphatic rings. The molecule has 21 aromatic carbocycles. The molecule has 0 N–H and O–H groups in total. The summed E-state index contributed by atoms with van der Waals surface area (Å²) in [5.41, 5.74) is 46.2. The van der Waals surface area contributed by atoms with Crippen LogP contribution in [0.4, 0.5) is 102 Å². The molecule has 0 aliphatic heterocycles. The van der Waals surface area contributed by atoms with Crippen molar-refractivity contribution in [3.05, 3.63) is 567 Å². The predicted octanol–water partition coefficient (Wildman–Crippen LogP) is 38.8. The Kier molecular flexibility index (Phi) is 24.3. The number of fused-ring (bicyclic) bond motifs is 10. The second-order valence-corrected chi connectivity index (χ2v) is 38.8. The molecule has 4 aliphatic carbocycles. The minimum atomic E-state index is 0.0504. The van der Waals surface area contributed by atoms with Crippen molar-refractivity contribution in [3.63, 3.8) is 0 Å². The van der Waals surface area contributed by atoms with Gasteiger partial charge in [-0.05, 0) is 358 Å². The van der Waals surface area contributed by atoms with Gasteiger partial charge < -0.3 is 29.4 Å². The summed E-state index contributed by atoms with van der Waals surface area (Å²) >= 11 is 0. The largest absolute Gasteiger partial charge is 0.311 e. The van der Waals surface area contributed by atoms with E-state index in [4.69, 9.17) is 0 Å². The number of aryl methyl sites for hydroxylation is 2. The molecule has 2 fully saturated rings. The first kappa shape index (κ1) is 89.1. The molecule has 144 heavy (non-hydrogen) atoms. The Morgan fingerprint density at radius 3 is 0.514 bits per heavy atom. The van der Waals surface area contributed by atoms with Crippen LogP contribution in [0.15, 0.2) is 534 Å². The van der Waals surface area contributed by atoms with Crippen molar-refractivity contribution in [2.45, 2.75) is 76.0 Å². The number of hydrogen-bond acceptors (Lipinski definition) is 6. The first-order chi connectivity index (χ1) is 71.2. The molecule has 0 atom stereocenters. The van der Waals surface area contributed by atoms with Crippen LogP contribution in [0, 0.1) is 13.8 Å². The van der Waals surface area contributed by atoms with Gasteiger partial charge in [0.05, 0.1) is 0 Å². The molecule has 2 saturated carbocycles. The second kappa shape index (κ2) is 39.2. The van der Waals surface area contributed by atoms with Gasteiger partial charge in [0.2, 0.25) is 0 Å². The lowest BCUT2D eigenvalue weighted by Gasteiger charge is -2.31. The van der Waals surface area contributed by atoms with Crippen LogP contribution >= 0.6 is 0 Å². The van der Waals surface area contributed by atoms with Crippen molar-refractivity contribution in [1.29, 1.82) is 0 Å². The van der Waals surface area contributed by atoms with Crippen LogP contribution in [0.5, 0.6) is 0 Å². The van der Waals surface area contributed by atoms with Crippen molar-refractivity contribution in [1.82, 2.24) is 0 Å². The first-order valence-electron chi connectivity index (χ1n) is 50.8. The highest BCUT2D eigenvalue weighted by molar-refractivity contribution is 5.92. The van der Waals surface area contributed by atoms with Gasteiger partial charge in [0.25, 0.3) is 0 Å². The molecule has 2 spiro atoms. The third-order valence-corrected chi connectivity index (χ3v) is 30.2. The maximum atomic E-state index is 2.52. The standard InChI is InChI=1S/C82H66N4.C56H44N2/c1-5-21-61(22-6-1)83(62-23-7-2-8-24-62)67-41-45-69(46-42-67)85(71-49-51-75-73-29-13-15-31-77(73)81(79(75)57-71)53-17-18-54-81)65-37-33-59(34-38-65)60-35-39-66(40-36-60)86(72-50-52-76-74-30-14-16-32-78(74)82(80(76)58-72)55-19-20-56-82)70-47-43-68(44-48-70)84(63-25-9-3-10-26-63)64-27-11-4-12-28-64;1-41-13-29-51(30-14-41)57(53-33-21-47(22-34-53)43-9-5-3-6-10-43)55-37-25-49(26-38-55)45-17-19-46(20-18-45)50-27-39-56(40-28-50)58(52-31-15-42(2)16-32-52)54-35-23-48(24-36-54)44-11-7-4-8-12-44/h1-16,21-52,57-58H,17-20,53-56H2;3-40H,1-2H3. The number of anilines is 18. The highest BCUT2D eigenvalue weighted by Crippen LogP contribution is 2.61. The predicted molar refractivity (Wildman–Crippen MR) is 607 cm³/mol. The van der Waals surface area contributed by atoms with Gasteiger partial charge in [0, 0.05) is 113 Å². The van der Waals surface area contributed by atoms with E-state index < -0.39 is 0 Å². The third kappa shape index (κ3) is 17.4. The van der Waals surface area contributed by atoms with Gasteiger partial charge in [0.15, 0.2) is 0 Å². The summed E-state index contributed by atoms with van der Waals surface area (Å²) in [6, 6.07) is 195. The zero-order valence-electron chi connectivity index (χ0n) is 81.1. The summed E-state index contributed by atoms with van der Waals surface area (Å²) in [5, 5.41) is 0. The second-order valence-electron chi connectivity index (χ2n) is 38.8. The third-order valence-electron chi connectivity index (χ3n) is 30.2. The highest BCUT2D eigenvalue weighted by Gasteiger charge is 2.47. The van der Waals surface area contributed by atoms with Crippen LogP contribution in [-0.2, 0) is 10.8 Å². The Labute approximate surface area is 846 Å². The quantitative estimate of drug-likeness (QED) is 0.0631. The number of para-hydroxylation sites is 4. The summed E-state index contributed by atoms with van der Waals surface area (Å²) in [6.45, 7) is 4.26. The number of rotatable bonds is 23. The van der Waals surface area contributed by atoms with Crippen LogP contribution in [-0.4, -0.2) is 0 Å². The average Bonchev–Trinajstić information content (AvgIpc) is 1.56. The van der Waals surface area contributed by atoms with Crippen LogP contribution in [0.25, 0.3) is 77.9 Å². The maximum Gasteiger partial charge on any atom is 0.0465 e. The van der Waals surface area contributed by atoms with Gasteiger partial charge in [-0.3, -0.25) is 0 Å². The van der Waals surface area contributed by atoms with Gasteiger partial charge >= 0.3 is 0 Å². The molecular formula is C138H110N6. The van der Waals surface area contributed by atoms with E-state index in [1.165, 1.54) is 174 Å². The molecule has 0 amide bonds. The summed E-state index contributed by atoms with van der Waals surface area (Å²) < 4.78 is 0. The van der Waals surface area contributed by atoms with Gasteiger partial charge in [0.1, 0.15) is 0 Å². The van der Waals surface area contributed by atoms with Crippen LogP contribution in [0.1, 0.15) is 84.7 Å². The monoisotopic (exact) mass is 1850 g/mol. The van der Waals surface area contributed by atoms with E-state index in [2.05, 4.69) is 577 Å². The summed E-state index contributed by atoms with van der Waals surface area (Å²) in [6.07, 6.45) is 9.76. The first-order valence-corrected chi connectivity index (χ1v) is 50.8. The zero-order chi connectivity index (χ0) is 96.3. The number of benzene rings is 21. The number of nitrogens with zero attached hydrogens (tertiary/aromatic N) is 6. The van der Waals surface area contributed by atoms with Crippen molar-refractivity contribution in [2.75, 3.05) is 29.4 Å². The lowest BCUT2D eigenvalue weighted by Crippen LogP contribution is -2.21. The Morgan fingerprint density at radius 2 is 0.285 bits per heavy atom. The maximum absolute atomic E-state index is 2.52. The Morgan fingerprint density at radius 1 is 0.132 bits per heavy atom. The highest BCUT2D eigenvalue weighted by atomic mass is 15.2. The fourth-order valence-electron chi connectivity index (χ4n) is 23.0. The van der Waals surface area contributed by atoms with E-state index in [1.807, 2.05) is 0 Å². The summed E-state index contributed by atoms with van der Waals surface area (Å²) in [7, 11) is 0. The fraction of sp³-hybridized carbons (Fsp3) is 0.0870. The van der Waals surface area contributed by atoms with Crippen LogP contribution in [0.3, 0.4) is 0 Å². The van der Waals surface area contributed by atoms with Crippen molar-refractivity contribution in [3.8, 4) is 77.9 Å². The smallest absolute Gasteiger partial charge is 0.0465 e. The Hall–Kier alpha value is -17.6. The summed E-state index contributed by atoms with van der Waals surface area (Å²) in [4.78, 5) is 14.2. The van der Waals surface area contributed by atoms with Gasteiger partial charge in [-0.2, -0.15) is 0 Å². The average molecular weight is 1850 g/mol. The van der Waals surface area contributed by atoms with Crippen molar-refractivity contribution < 1.29 is 0 Å². The van der Waals surface area contributed by atoms with E-state index >= 15 is 0 Å². The molecule has 25 rings (SSSR count). The van der Waals surface area contributed by atoms with E-state index in [9.17, 15) is 0 Å². The SMILES string of the molecule is Cc1ccc(N(c2ccc(-c3ccccc3)cc2)c2ccc(-c3ccc(-c4ccc(N(c5ccc(C)cc5)c5ccc(-c6ccccc6)cc5)cc4)cc3)cc2)cc1.c1ccc(N(c2ccccc2)c2ccc(N(c3ccc(-c4ccc(N(c5ccc(N(c6ccccc6)c6ccccc6)cc5)c5ccc6c(c5)C5(CCCC5)c5ccccc5-6)cc4)cc3)c3ccc4c(c3)C3(CCCC3)c3ccccc3-4)cc2)cc1. The normalized spacial score (nSPS) is 13.1. The molecule has 0 radical (unpaired) electrons.